The SMILES string of the molecule is Cc1ccc(CNCc2c(CO)cnc(C)c2O)o1. The Morgan fingerprint density at radius 2 is 2.05 bits per heavy atom. The number of aromatic hydroxyl groups is 1. The Balaban J connectivity index is 2.04. The molecule has 0 aliphatic carbocycles. The van der Waals surface area contributed by atoms with Crippen molar-refractivity contribution in [3.05, 3.63) is 46.7 Å². The predicted molar refractivity (Wildman–Crippen MR) is 70.6 cm³/mol. The molecule has 5 nitrogen and oxygen atoms in total. The van der Waals surface area contributed by atoms with Crippen LogP contribution in [0.4, 0.5) is 0 Å². The zero-order valence-corrected chi connectivity index (χ0v) is 11.1. The van der Waals surface area contributed by atoms with E-state index in [4.69, 9.17) is 4.42 Å². The van der Waals surface area contributed by atoms with Crippen molar-refractivity contribution in [2.75, 3.05) is 0 Å². The largest absolute Gasteiger partial charge is 0.506 e. The highest BCUT2D eigenvalue weighted by atomic mass is 16.3. The number of nitrogens with one attached hydrogen (secondary N) is 1. The third-order valence-corrected chi connectivity index (χ3v) is 3.00. The number of nitrogens with zero attached hydrogens (tertiary/aromatic N) is 1. The van der Waals surface area contributed by atoms with Crippen LogP contribution in [-0.2, 0) is 19.7 Å². The second kappa shape index (κ2) is 5.86. The molecular formula is C14H18N2O3. The molecule has 0 spiro atoms. The molecule has 2 aromatic heterocycles. The first-order valence-electron chi connectivity index (χ1n) is 6.15. The fourth-order valence-corrected chi connectivity index (χ4v) is 1.91. The van der Waals surface area contributed by atoms with E-state index in [1.165, 1.54) is 0 Å². The zero-order chi connectivity index (χ0) is 13.8. The lowest BCUT2D eigenvalue weighted by atomic mass is 10.1. The Morgan fingerprint density at radius 3 is 2.68 bits per heavy atom. The first-order valence-corrected chi connectivity index (χ1v) is 6.15. The summed E-state index contributed by atoms with van der Waals surface area (Å²) in [6.45, 7) is 4.50. The summed E-state index contributed by atoms with van der Waals surface area (Å²) in [5.41, 5.74) is 1.87. The standard InChI is InChI=1S/C14H18N2O3/c1-9-3-4-12(19-9)6-15-7-13-11(8-17)5-16-10(2)14(13)18/h3-5,15,17-18H,6-8H2,1-2H3. The van der Waals surface area contributed by atoms with Crippen LogP contribution in [0.3, 0.4) is 0 Å². The van der Waals surface area contributed by atoms with Gasteiger partial charge in [-0.1, -0.05) is 0 Å². The van der Waals surface area contributed by atoms with E-state index in [1.54, 1.807) is 13.1 Å². The lowest BCUT2D eigenvalue weighted by Gasteiger charge is -2.11. The zero-order valence-electron chi connectivity index (χ0n) is 11.1. The molecule has 0 bridgehead atoms. The molecule has 0 aliphatic rings. The average molecular weight is 262 g/mol. The summed E-state index contributed by atoms with van der Waals surface area (Å²) < 4.78 is 5.45. The molecule has 0 atom stereocenters. The molecule has 0 amide bonds. The van der Waals surface area contributed by atoms with Crippen molar-refractivity contribution in [3.63, 3.8) is 0 Å². The molecule has 19 heavy (non-hydrogen) atoms. The van der Waals surface area contributed by atoms with Gasteiger partial charge in [0.15, 0.2) is 0 Å². The van der Waals surface area contributed by atoms with E-state index in [-0.39, 0.29) is 12.4 Å². The minimum atomic E-state index is -0.141. The molecule has 5 heteroatoms. The van der Waals surface area contributed by atoms with E-state index >= 15 is 0 Å². The quantitative estimate of drug-likeness (QED) is 0.765. The number of hydrogen-bond donors (Lipinski definition) is 3. The molecule has 0 fully saturated rings. The molecule has 102 valence electrons. The van der Waals surface area contributed by atoms with Gasteiger partial charge in [0.05, 0.1) is 18.8 Å². The summed E-state index contributed by atoms with van der Waals surface area (Å²) in [7, 11) is 0. The molecule has 3 N–H and O–H groups in total. The summed E-state index contributed by atoms with van der Waals surface area (Å²) in [6, 6.07) is 3.82. The van der Waals surface area contributed by atoms with Crippen LogP contribution in [0.2, 0.25) is 0 Å². The lowest BCUT2D eigenvalue weighted by molar-refractivity contribution is 0.278. The summed E-state index contributed by atoms with van der Waals surface area (Å²) >= 11 is 0. The van der Waals surface area contributed by atoms with Crippen LogP contribution in [0.5, 0.6) is 5.75 Å². The van der Waals surface area contributed by atoms with Crippen LogP contribution < -0.4 is 5.32 Å². The number of aliphatic hydroxyl groups is 1. The van der Waals surface area contributed by atoms with Gasteiger partial charge in [-0.2, -0.15) is 0 Å². The number of aryl methyl sites for hydroxylation is 2. The molecule has 2 heterocycles. The van der Waals surface area contributed by atoms with Gasteiger partial charge in [-0.05, 0) is 26.0 Å². The highest BCUT2D eigenvalue weighted by Crippen LogP contribution is 2.23. The second-order valence-corrected chi connectivity index (χ2v) is 4.47. The van der Waals surface area contributed by atoms with Crippen molar-refractivity contribution in [2.24, 2.45) is 0 Å². The first-order chi connectivity index (χ1) is 9.11. The molecule has 2 aromatic rings. The highest BCUT2D eigenvalue weighted by molar-refractivity contribution is 5.40. The Kier molecular flexibility index (Phi) is 4.19. The summed E-state index contributed by atoms with van der Waals surface area (Å²) in [6.07, 6.45) is 1.59. The van der Waals surface area contributed by atoms with Crippen LogP contribution in [-0.4, -0.2) is 15.2 Å². The summed E-state index contributed by atoms with van der Waals surface area (Å²) in [4.78, 5) is 4.02. The van der Waals surface area contributed by atoms with Gasteiger partial charge in [0.2, 0.25) is 0 Å². The molecule has 0 aromatic carbocycles. The topological polar surface area (TPSA) is 78.5 Å². The smallest absolute Gasteiger partial charge is 0.141 e. The van der Waals surface area contributed by atoms with Crippen molar-refractivity contribution < 1.29 is 14.6 Å². The maximum absolute atomic E-state index is 9.97. The van der Waals surface area contributed by atoms with Crippen LogP contribution in [0.1, 0.15) is 28.3 Å². The van der Waals surface area contributed by atoms with E-state index < -0.39 is 0 Å². The van der Waals surface area contributed by atoms with Crippen LogP contribution in [0.25, 0.3) is 0 Å². The van der Waals surface area contributed by atoms with Crippen molar-refractivity contribution in [1.29, 1.82) is 0 Å². The maximum atomic E-state index is 9.97. The van der Waals surface area contributed by atoms with Crippen LogP contribution in [0, 0.1) is 13.8 Å². The fraction of sp³-hybridized carbons (Fsp3) is 0.357. The third kappa shape index (κ3) is 3.13. The van der Waals surface area contributed by atoms with E-state index in [0.29, 0.717) is 29.9 Å². The van der Waals surface area contributed by atoms with E-state index in [2.05, 4.69) is 10.3 Å². The monoisotopic (exact) mass is 262 g/mol. The van der Waals surface area contributed by atoms with Crippen LogP contribution in [0.15, 0.2) is 22.7 Å². The number of rotatable bonds is 5. The molecule has 0 saturated heterocycles. The first kappa shape index (κ1) is 13.6. The minimum absolute atomic E-state index is 0.134. The Morgan fingerprint density at radius 1 is 1.26 bits per heavy atom. The number of hydrogen-bond acceptors (Lipinski definition) is 5. The Bertz CT molecular complexity index is 564. The molecule has 0 unspecified atom stereocenters. The molecular weight excluding hydrogens is 244 g/mol. The van der Waals surface area contributed by atoms with Gasteiger partial charge in [0.25, 0.3) is 0 Å². The second-order valence-electron chi connectivity index (χ2n) is 4.47. The van der Waals surface area contributed by atoms with Gasteiger partial charge in [-0.15, -0.1) is 0 Å². The predicted octanol–water partition coefficient (Wildman–Crippen LogP) is 1.78. The van der Waals surface area contributed by atoms with E-state index in [1.807, 2.05) is 19.1 Å². The number of aliphatic hydroxyl groups excluding tert-OH is 1. The lowest BCUT2D eigenvalue weighted by Crippen LogP contribution is -2.14. The maximum Gasteiger partial charge on any atom is 0.141 e. The fourth-order valence-electron chi connectivity index (χ4n) is 1.91. The van der Waals surface area contributed by atoms with Crippen molar-refractivity contribution in [1.82, 2.24) is 10.3 Å². The van der Waals surface area contributed by atoms with E-state index in [9.17, 15) is 10.2 Å². The van der Waals surface area contributed by atoms with Crippen LogP contribution >= 0.6 is 0 Å². The molecule has 0 saturated carbocycles. The van der Waals surface area contributed by atoms with Crippen molar-refractivity contribution >= 4 is 0 Å². The third-order valence-electron chi connectivity index (χ3n) is 3.00. The Hall–Kier alpha value is -1.85. The van der Waals surface area contributed by atoms with Gasteiger partial charge in [0.1, 0.15) is 17.3 Å². The average Bonchev–Trinajstić information content (AvgIpc) is 2.80. The van der Waals surface area contributed by atoms with Gasteiger partial charge < -0.3 is 19.9 Å². The van der Waals surface area contributed by atoms with Crippen molar-refractivity contribution in [3.8, 4) is 5.75 Å². The molecule has 2 rings (SSSR count). The summed E-state index contributed by atoms with van der Waals surface area (Å²) in [5.74, 6) is 1.85. The Labute approximate surface area is 111 Å². The van der Waals surface area contributed by atoms with Gasteiger partial charge in [0, 0.05) is 23.9 Å². The van der Waals surface area contributed by atoms with Gasteiger partial charge >= 0.3 is 0 Å². The van der Waals surface area contributed by atoms with E-state index in [0.717, 1.165) is 11.5 Å². The molecule has 0 radical (unpaired) electrons. The number of furan rings is 1. The van der Waals surface area contributed by atoms with Gasteiger partial charge in [-0.3, -0.25) is 4.98 Å². The summed E-state index contributed by atoms with van der Waals surface area (Å²) in [5, 5.41) is 22.4. The normalized spacial score (nSPS) is 10.9. The van der Waals surface area contributed by atoms with Crippen molar-refractivity contribution in [2.45, 2.75) is 33.5 Å². The number of pyridine rings is 1. The number of aromatic nitrogens is 1. The molecule has 0 aliphatic heterocycles. The van der Waals surface area contributed by atoms with Gasteiger partial charge in [-0.25, -0.2) is 0 Å². The minimum Gasteiger partial charge on any atom is -0.506 e. The highest BCUT2D eigenvalue weighted by Gasteiger charge is 2.11.